The quantitative estimate of drug-likeness (QED) is 0.880. The zero-order valence-corrected chi connectivity index (χ0v) is 15.4. The van der Waals surface area contributed by atoms with Crippen LogP contribution in [0.25, 0.3) is 5.69 Å². The van der Waals surface area contributed by atoms with Crippen molar-refractivity contribution in [3.05, 3.63) is 47.8 Å². The Hall–Kier alpha value is -2.14. The lowest BCUT2D eigenvalue weighted by atomic mass is 9.98. The molecule has 5 nitrogen and oxygen atoms in total. The Kier molecular flexibility index (Phi) is 5.53. The van der Waals surface area contributed by atoms with Gasteiger partial charge in [-0.05, 0) is 37.0 Å². The second-order valence-corrected chi connectivity index (χ2v) is 7.18. The molecule has 25 heavy (non-hydrogen) atoms. The highest BCUT2D eigenvalue weighted by Crippen LogP contribution is 2.23. The first-order chi connectivity index (χ1) is 12.0. The minimum absolute atomic E-state index is 0.0696. The number of likely N-dealkylation sites (tertiary alicyclic amines) is 1. The average Bonchev–Trinajstić information content (AvgIpc) is 3.15. The molecule has 1 N–H and O–H groups in total. The van der Waals surface area contributed by atoms with E-state index < -0.39 is 0 Å². The molecule has 1 aliphatic heterocycles. The Morgan fingerprint density at radius 1 is 1.36 bits per heavy atom. The molecular formula is C20H28N4O. The van der Waals surface area contributed by atoms with Gasteiger partial charge in [0.15, 0.2) is 0 Å². The number of benzene rings is 1. The number of nitrogens with zero attached hydrogens (tertiary/aromatic N) is 3. The molecule has 0 unspecified atom stereocenters. The summed E-state index contributed by atoms with van der Waals surface area (Å²) in [6, 6.07) is 8.62. The van der Waals surface area contributed by atoms with E-state index in [2.05, 4.69) is 59.6 Å². The van der Waals surface area contributed by atoms with E-state index in [-0.39, 0.29) is 11.9 Å². The molecule has 2 aromatic rings. The Bertz CT molecular complexity index is 724. The second kappa shape index (κ2) is 7.83. The first kappa shape index (κ1) is 17.7. The molecule has 1 fully saturated rings. The van der Waals surface area contributed by atoms with Crippen LogP contribution in [-0.2, 0) is 11.3 Å². The Morgan fingerprint density at radius 3 is 2.92 bits per heavy atom. The first-order valence-corrected chi connectivity index (χ1v) is 9.15. The number of rotatable bonds is 6. The molecular weight excluding hydrogens is 312 g/mol. The lowest BCUT2D eigenvalue weighted by molar-refractivity contribution is -0.119. The summed E-state index contributed by atoms with van der Waals surface area (Å²) >= 11 is 0. The highest BCUT2D eigenvalue weighted by atomic mass is 16.1. The van der Waals surface area contributed by atoms with Crippen molar-refractivity contribution in [3.8, 4) is 5.69 Å². The van der Waals surface area contributed by atoms with Gasteiger partial charge < -0.3 is 5.32 Å². The minimum atomic E-state index is 0.0696. The summed E-state index contributed by atoms with van der Waals surface area (Å²) < 4.78 is 1.94. The van der Waals surface area contributed by atoms with Crippen LogP contribution in [0.1, 0.15) is 37.8 Å². The molecule has 0 bridgehead atoms. The van der Waals surface area contributed by atoms with Gasteiger partial charge in [0.2, 0.25) is 5.91 Å². The number of carbonyl (C=O) groups is 1. The van der Waals surface area contributed by atoms with Gasteiger partial charge in [-0.15, -0.1) is 0 Å². The zero-order chi connectivity index (χ0) is 17.8. The Morgan fingerprint density at radius 2 is 2.20 bits per heavy atom. The normalized spacial score (nSPS) is 20.8. The molecule has 1 aliphatic rings. The van der Waals surface area contributed by atoms with E-state index in [0.717, 1.165) is 38.2 Å². The van der Waals surface area contributed by atoms with Crippen LogP contribution in [-0.4, -0.2) is 39.7 Å². The smallest absolute Gasteiger partial charge is 0.217 e. The summed E-state index contributed by atoms with van der Waals surface area (Å²) in [5.74, 6) is 0.612. The number of nitrogens with one attached hydrogen (secondary N) is 1. The average molecular weight is 340 g/mol. The number of aryl methyl sites for hydroxylation is 1. The highest BCUT2D eigenvalue weighted by molar-refractivity contribution is 5.73. The lowest BCUT2D eigenvalue weighted by Crippen LogP contribution is -2.39. The summed E-state index contributed by atoms with van der Waals surface area (Å²) in [7, 11) is 0. The molecule has 1 amide bonds. The van der Waals surface area contributed by atoms with Crippen molar-refractivity contribution in [2.24, 2.45) is 5.92 Å². The maximum absolute atomic E-state index is 11.5. The van der Waals surface area contributed by atoms with Gasteiger partial charge in [0.05, 0.1) is 11.9 Å². The molecule has 134 valence electrons. The molecule has 1 aromatic carbocycles. The molecule has 1 aromatic heterocycles. The zero-order valence-electron chi connectivity index (χ0n) is 15.4. The number of hydrogen-bond acceptors (Lipinski definition) is 3. The van der Waals surface area contributed by atoms with Gasteiger partial charge in [0, 0.05) is 44.4 Å². The van der Waals surface area contributed by atoms with Crippen LogP contribution in [0.3, 0.4) is 0 Å². The standard InChI is InChI=1S/C20H28N4O/c1-4-6-18-13-23(14-20(18)22-16(3)25)11-17-10-21-24(12-17)19-8-5-7-15(2)9-19/h5,7-10,12,18,20H,4,6,11,13-14H2,1-3H3,(H,22,25)/t18-,20-/m1/s1. The van der Waals surface area contributed by atoms with Crippen molar-refractivity contribution in [1.29, 1.82) is 0 Å². The highest BCUT2D eigenvalue weighted by Gasteiger charge is 2.32. The van der Waals surface area contributed by atoms with Crippen molar-refractivity contribution in [3.63, 3.8) is 0 Å². The number of amides is 1. The Balaban J connectivity index is 1.65. The topological polar surface area (TPSA) is 50.2 Å². The molecule has 0 radical (unpaired) electrons. The van der Waals surface area contributed by atoms with Crippen LogP contribution in [0, 0.1) is 12.8 Å². The van der Waals surface area contributed by atoms with Gasteiger partial charge >= 0.3 is 0 Å². The summed E-state index contributed by atoms with van der Waals surface area (Å²) in [4.78, 5) is 13.9. The maximum atomic E-state index is 11.5. The second-order valence-electron chi connectivity index (χ2n) is 7.18. The van der Waals surface area contributed by atoms with Crippen molar-refractivity contribution in [1.82, 2.24) is 20.0 Å². The van der Waals surface area contributed by atoms with Crippen molar-refractivity contribution in [2.75, 3.05) is 13.1 Å². The van der Waals surface area contributed by atoms with E-state index in [0.29, 0.717) is 5.92 Å². The third-order valence-electron chi connectivity index (χ3n) is 4.87. The van der Waals surface area contributed by atoms with Gasteiger partial charge in [0.25, 0.3) is 0 Å². The van der Waals surface area contributed by atoms with E-state index in [1.807, 2.05) is 10.9 Å². The summed E-state index contributed by atoms with van der Waals surface area (Å²) in [6.45, 7) is 8.74. The Labute approximate surface area is 150 Å². The number of aromatic nitrogens is 2. The minimum Gasteiger partial charge on any atom is -0.352 e. The van der Waals surface area contributed by atoms with Crippen LogP contribution in [0.15, 0.2) is 36.7 Å². The van der Waals surface area contributed by atoms with Gasteiger partial charge in [0.1, 0.15) is 0 Å². The van der Waals surface area contributed by atoms with Crippen LogP contribution < -0.4 is 5.32 Å². The maximum Gasteiger partial charge on any atom is 0.217 e. The lowest BCUT2D eigenvalue weighted by Gasteiger charge is -2.18. The van der Waals surface area contributed by atoms with E-state index >= 15 is 0 Å². The molecule has 0 aliphatic carbocycles. The van der Waals surface area contributed by atoms with Crippen molar-refractivity contribution < 1.29 is 4.79 Å². The third kappa shape index (κ3) is 4.48. The summed E-state index contributed by atoms with van der Waals surface area (Å²) in [5.41, 5.74) is 3.53. The van der Waals surface area contributed by atoms with Crippen molar-refractivity contribution in [2.45, 2.75) is 46.2 Å². The molecule has 0 saturated carbocycles. The molecule has 5 heteroatoms. The van der Waals surface area contributed by atoms with Crippen LogP contribution in [0.4, 0.5) is 0 Å². The number of carbonyl (C=O) groups excluding carboxylic acids is 1. The van der Waals surface area contributed by atoms with E-state index in [4.69, 9.17) is 0 Å². The van der Waals surface area contributed by atoms with Gasteiger partial charge in [-0.3, -0.25) is 9.69 Å². The molecule has 2 heterocycles. The fourth-order valence-electron chi connectivity index (χ4n) is 3.79. The fraction of sp³-hybridized carbons (Fsp3) is 0.500. The van der Waals surface area contributed by atoms with E-state index in [1.165, 1.54) is 11.1 Å². The molecule has 2 atom stereocenters. The van der Waals surface area contributed by atoms with Gasteiger partial charge in [-0.2, -0.15) is 5.10 Å². The summed E-state index contributed by atoms with van der Waals surface area (Å²) in [6.07, 6.45) is 6.36. The van der Waals surface area contributed by atoms with Crippen LogP contribution in [0.2, 0.25) is 0 Å². The third-order valence-corrected chi connectivity index (χ3v) is 4.87. The predicted octanol–water partition coefficient (Wildman–Crippen LogP) is 2.92. The number of hydrogen-bond donors (Lipinski definition) is 1. The van der Waals surface area contributed by atoms with Crippen LogP contribution >= 0.6 is 0 Å². The molecule has 3 rings (SSSR count). The predicted molar refractivity (Wildman–Crippen MR) is 99.6 cm³/mol. The SMILES string of the molecule is CCC[C@@H]1CN(Cc2cnn(-c3cccc(C)c3)c2)C[C@H]1NC(C)=O. The molecule has 0 spiro atoms. The van der Waals surface area contributed by atoms with E-state index in [1.54, 1.807) is 6.92 Å². The molecule has 1 saturated heterocycles. The van der Waals surface area contributed by atoms with Gasteiger partial charge in [-0.25, -0.2) is 4.68 Å². The fourth-order valence-corrected chi connectivity index (χ4v) is 3.79. The largest absolute Gasteiger partial charge is 0.352 e. The van der Waals surface area contributed by atoms with E-state index in [9.17, 15) is 4.79 Å². The first-order valence-electron chi connectivity index (χ1n) is 9.15. The monoisotopic (exact) mass is 340 g/mol. The summed E-state index contributed by atoms with van der Waals surface area (Å²) in [5, 5.41) is 7.64. The van der Waals surface area contributed by atoms with Gasteiger partial charge in [-0.1, -0.05) is 25.5 Å². The van der Waals surface area contributed by atoms with Crippen molar-refractivity contribution >= 4 is 5.91 Å². The van der Waals surface area contributed by atoms with Crippen LogP contribution in [0.5, 0.6) is 0 Å².